The van der Waals surface area contributed by atoms with Crippen LogP contribution < -0.4 is 5.73 Å². The maximum atomic E-state index is 12.2. The molecule has 2 amide bonds. The van der Waals surface area contributed by atoms with Gasteiger partial charge < -0.3 is 15.5 Å². The summed E-state index contributed by atoms with van der Waals surface area (Å²) in [6.45, 7) is 1.67. The smallest absolute Gasteiger partial charge is 0.261 e. The van der Waals surface area contributed by atoms with Crippen LogP contribution in [0.25, 0.3) is 0 Å². The third-order valence-electron chi connectivity index (χ3n) is 3.84. The van der Waals surface area contributed by atoms with E-state index in [9.17, 15) is 9.59 Å². The van der Waals surface area contributed by atoms with E-state index in [2.05, 4.69) is 5.16 Å². The Kier molecular flexibility index (Phi) is 3.60. The number of carbonyl (C=O) groups excluding carboxylic acids is 2. The van der Waals surface area contributed by atoms with Crippen molar-refractivity contribution < 1.29 is 14.4 Å². The molecule has 2 heterocycles. The number of rotatable bonds is 3. The highest BCUT2D eigenvalue weighted by atomic mass is 16.6. The van der Waals surface area contributed by atoms with Crippen molar-refractivity contribution in [2.75, 3.05) is 13.1 Å². The van der Waals surface area contributed by atoms with E-state index in [0.29, 0.717) is 17.7 Å². The topological polar surface area (TPSA) is 85.0 Å². The summed E-state index contributed by atoms with van der Waals surface area (Å²) in [6, 6.07) is 7.23. The molecule has 1 atom stereocenters. The number of hydrogen-bond acceptors (Lipinski definition) is 4. The highest BCUT2D eigenvalue weighted by molar-refractivity contribution is 6.04. The van der Waals surface area contributed by atoms with Gasteiger partial charge in [0, 0.05) is 25.1 Å². The van der Waals surface area contributed by atoms with Crippen molar-refractivity contribution >= 4 is 17.5 Å². The maximum Gasteiger partial charge on any atom is 0.261 e. The van der Waals surface area contributed by atoms with Gasteiger partial charge in [-0.05, 0) is 30.5 Å². The van der Waals surface area contributed by atoms with Crippen LogP contribution in [0, 0.1) is 0 Å². The minimum atomic E-state index is -0.689. The zero-order valence-electron chi connectivity index (χ0n) is 11.6. The van der Waals surface area contributed by atoms with E-state index in [4.69, 9.17) is 10.6 Å². The van der Waals surface area contributed by atoms with Crippen LogP contribution in [-0.4, -0.2) is 41.6 Å². The highest BCUT2D eigenvalue weighted by Gasteiger charge is 2.27. The monoisotopic (exact) mass is 287 g/mol. The summed E-state index contributed by atoms with van der Waals surface area (Å²) < 4.78 is 0. The summed E-state index contributed by atoms with van der Waals surface area (Å²) in [6.07, 6.45) is 1.83. The van der Waals surface area contributed by atoms with Crippen LogP contribution in [0.15, 0.2) is 29.4 Å². The van der Waals surface area contributed by atoms with Crippen molar-refractivity contribution in [2.45, 2.75) is 25.4 Å². The normalized spacial score (nSPS) is 21.0. The average Bonchev–Trinajstić information content (AvgIpc) is 3.18. The minimum Gasteiger partial charge on any atom is -0.382 e. The molecule has 2 N–H and O–H groups in total. The van der Waals surface area contributed by atoms with Crippen molar-refractivity contribution in [3.8, 4) is 0 Å². The Morgan fingerprint density at radius 3 is 2.43 bits per heavy atom. The number of benzene rings is 1. The quantitative estimate of drug-likeness (QED) is 0.896. The Balaban J connectivity index is 1.70. The molecule has 1 aromatic carbocycles. The number of hydrogen-bond donors (Lipinski definition) is 1. The fourth-order valence-electron chi connectivity index (χ4n) is 2.61. The van der Waals surface area contributed by atoms with Crippen molar-refractivity contribution in [3.63, 3.8) is 0 Å². The third kappa shape index (κ3) is 2.74. The summed E-state index contributed by atoms with van der Waals surface area (Å²) in [5, 5.41) is 3.88. The Hall–Kier alpha value is -2.37. The zero-order chi connectivity index (χ0) is 14.8. The van der Waals surface area contributed by atoms with Crippen molar-refractivity contribution in [1.82, 2.24) is 4.90 Å². The van der Waals surface area contributed by atoms with Gasteiger partial charge in [-0.3, -0.25) is 9.59 Å². The lowest BCUT2D eigenvalue weighted by atomic mass is 10.0. The molecule has 1 fully saturated rings. The van der Waals surface area contributed by atoms with Crippen molar-refractivity contribution in [1.29, 1.82) is 0 Å². The van der Waals surface area contributed by atoms with E-state index in [1.54, 1.807) is 12.1 Å². The second-order valence-electron chi connectivity index (χ2n) is 5.32. The number of carbonyl (C=O) groups is 2. The molecule has 0 spiro atoms. The molecule has 2 aliphatic rings. The maximum absolute atomic E-state index is 12.2. The molecule has 0 radical (unpaired) electrons. The minimum absolute atomic E-state index is 0.0682. The number of likely N-dealkylation sites (tertiary alicyclic amines) is 1. The van der Waals surface area contributed by atoms with Gasteiger partial charge in [-0.1, -0.05) is 17.3 Å². The number of nitrogens with zero attached hydrogens (tertiary/aromatic N) is 2. The predicted molar refractivity (Wildman–Crippen MR) is 76.8 cm³/mol. The molecule has 6 heteroatoms. The van der Waals surface area contributed by atoms with Gasteiger partial charge in [-0.15, -0.1) is 0 Å². The van der Waals surface area contributed by atoms with Crippen LogP contribution in [0.5, 0.6) is 0 Å². The first-order valence-corrected chi connectivity index (χ1v) is 7.07. The molecule has 0 bridgehead atoms. The molecule has 2 aliphatic heterocycles. The van der Waals surface area contributed by atoms with E-state index in [1.165, 1.54) is 0 Å². The zero-order valence-corrected chi connectivity index (χ0v) is 11.6. The summed E-state index contributed by atoms with van der Waals surface area (Å²) in [5.41, 5.74) is 7.38. The second kappa shape index (κ2) is 5.55. The van der Waals surface area contributed by atoms with Crippen LogP contribution >= 0.6 is 0 Å². The number of nitrogens with two attached hydrogens (primary N) is 1. The van der Waals surface area contributed by atoms with E-state index >= 15 is 0 Å². The molecule has 0 aliphatic carbocycles. The van der Waals surface area contributed by atoms with E-state index in [0.717, 1.165) is 31.5 Å². The van der Waals surface area contributed by atoms with Gasteiger partial charge in [0.2, 0.25) is 6.10 Å². The Labute approximate surface area is 122 Å². The van der Waals surface area contributed by atoms with Crippen LogP contribution in [0.4, 0.5) is 0 Å². The lowest BCUT2D eigenvalue weighted by Gasteiger charge is -2.15. The molecule has 3 rings (SSSR count). The average molecular weight is 287 g/mol. The SMILES string of the molecule is NC(=O)C1CC(c2ccc(C(=O)N3CCCC3)cc2)=NO1. The van der Waals surface area contributed by atoms with E-state index in [-0.39, 0.29) is 5.91 Å². The molecule has 1 unspecified atom stereocenters. The number of amides is 2. The predicted octanol–water partition coefficient (Wildman–Crippen LogP) is 0.901. The van der Waals surface area contributed by atoms with Gasteiger partial charge >= 0.3 is 0 Å². The summed E-state index contributed by atoms with van der Waals surface area (Å²) >= 11 is 0. The molecule has 110 valence electrons. The first-order chi connectivity index (χ1) is 10.1. The van der Waals surface area contributed by atoms with Crippen LogP contribution in [0.3, 0.4) is 0 Å². The van der Waals surface area contributed by atoms with Gasteiger partial charge in [0.05, 0.1) is 5.71 Å². The van der Waals surface area contributed by atoms with E-state index in [1.807, 2.05) is 17.0 Å². The molecule has 1 aromatic rings. The summed E-state index contributed by atoms with van der Waals surface area (Å²) in [5.74, 6) is -0.451. The van der Waals surface area contributed by atoms with Gasteiger partial charge in [0.25, 0.3) is 11.8 Å². The van der Waals surface area contributed by atoms with Gasteiger partial charge in [-0.25, -0.2) is 0 Å². The molecule has 6 nitrogen and oxygen atoms in total. The van der Waals surface area contributed by atoms with Crippen molar-refractivity contribution in [3.05, 3.63) is 35.4 Å². The first kappa shape index (κ1) is 13.6. The van der Waals surface area contributed by atoms with Crippen molar-refractivity contribution in [2.24, 2.45) is 10.9 Å². The fourth-order valence-corrected chi connectivity index (χ4v) is 2.61. The molecular formula is C15H17N3O3. The summed E-state index contributed by atoms with van der Waals surface area (Å²) in [7, 11) is 0. The molecule has 0 saturated carbocycles. The van der Waals surface area contributed by atoms with Gasteiger partial charge in [-0.2, -0.15) is 0 Å². The van der Waals surface area contributed by atoms with Gasteiger partial charge in [0.15, 0.2) is 0 Å². The Bertz CT molecular complexity index is 589. The lowest BCUT2D eigenvalue weighted by molar-refractivity contribution is -0.127. The standard InChI is InChI=1S/C15H17N3O3/c16-14(19)13-9-12(17-21-13)10-3-5-11(6-4-10)15(20)18-7-1-2-8-18/h3-6,13H,1-2,7-9H2,(H2,16,19). The molecule has 0 aromatic heterocycles. The largest absolute Gasteiger partial charge is 0.382 e. The first-order valence-electron chi connectivity index (χ1n) is 7.07. The summed E-state index contributed by atoms with van der Waals surface area (Å²) in [4.78, 5) is 30.1. The molecule has 21 heavy (non-hydrogen) atoms. The Morgan fingerprint density at radius 2 is 1.86 bits per heavy atom. The second-order valence-corrected chi connectivity index (χ2v) is 5.32. The highest BCUT2D eigenvalue weighted by Crippen LogP contribution is 2.18. The van der Waals surface area contributed by atoms with Gasteiger partial charge in [0.1, 0.15) is 0 Å². The molecular weight excluding hydrogens is 270 g/mol. The number of primary amides is 1. The third-order valence-corrected chi connectivity index (χ3v) is 3.84. The number of oxime groups is 1. The Morgan fingerprint density at radius 1 is 1.19 bits per heavy atom. The van der Waals surface area contributed by atoms with E-state index < -0.39 is 12.0 Å². The van der Waals surface area contributed by atoms with Crippen LogP contribution in [-0.2, 0) is 9.63 Å². The van der Waals surface area contributed by atoms with Crippen LogP contribution in [0.2, 0.25) is 0 Å². The lowest BCUT2D eigenvalue weighted by Crippen LogP contribution is -2.28. The fraction of sp³-hybridized carbons (Fsp3) is 0.400. The molecule has 1 saturated heterocycles. The van der Waals surface area contributed by atoms with Crippen LogP contribution in [0.1, 0.15) is 35.2 Å².